The molecule has 0 aromatic heterocycles. The first-order valence-corrected chi connectivity index (χ1v) is 9.98. The Hall–Kier alpha value is -1.14. The van der Waals surface area contributed by atoms with Crippen LogP contribution in [0.3, 0.4) is 0 Å². The number of nitrogens with zero attached hydrogens (tertiary/aromatic N) is 3. The smallest absolute Gasteiger partial charge is 0.191 e. The van der Waals surface area contributed by atoms with E-state index in [1.165, 1.54) is 0 Å². The van der Waals surface area contributed by atoms with Gasteiger partial charge in [0.1, 0.15) is 6.07 Å². The number of anilines is 1. The van der Waals surface area contributed by atoms with Crippen LogP contribution in [0.2, 0.25) is 0 Å². The first kappa shape index (κ1) is 22.9. The number of aliphatic imine (C=N–C) groups is 1. The Balaban J connectivity index is 0.00000338. The van der Waals surface area contributed by atoms with Gasteiger partial charge in [0.25, 0.3) is 0 Å². The number of para-hydroxylation sites is 1. The minimum Gasteiger partial charge on any atom is -0.368 e. The third kappa shape index (κ3) is 6.54. The molecule has 0 aliphatic carbocycles. The highest BCUT2D eigenvalue weighted by Gasteiger charge is 2.23. The second kappa shape index (κ2) is 10.9. The molecule has 1 unspecified atom stereocenters. The number of hydrogen-bond acceptors (Lipinski definition) is 4. The number of guanidine groups is 1. The van der Waals surface area contributed by atoms with Crippen molar-refractivity contribution in [2.45, 2.75) is 37.5 Å². The van der Waals surface area contributed by atoms with Gasteiger partial charge in [0.05, 0.1) is 11.3 Å². The topological polar surface area (TPSA) is 63.5 Å². The van der Waals surface area contributed by atoms with Gasteiger partial charge in [-0.3, -0.25) is 4.99 Å². The first-order chi connectivity index (χ1) is 12.0. The van der Waals surface area contributed by atoms with Crippen molar-refractivity contribution in [2.24, 2.45) is 4.99 Å². The van der Waals surface area contributed by atoms with E-state index >= 15 is 0 Å². The fourth-order valence-corrected chi connectivity index (χ4v) is 3.13. The van der Waals surface area contributed by atoms with Gasteiger partial charge >= 0.3 is 0 Å². The Morgan fingerprint density at radius 1 is 1.42 bits per heavy atom. The molecule has 1 fully saturated rings. The van der Waals surface area contributed by atoms with Crippen LogP contribution in [-0.4, -0.2) is 49.7 Å². The molecule has 2 N–H and O–H groups in total. The minimum absolute atomic E-state index is 0. The molecule has 0 amide bonds. The summed E-state index contributed by atoms with van der Waals surface area (Å²) in [5, 5.41) is 16.3. The second-order valence-corrected chi connectivity index (χ2v) is 8.46. The molecule has 1 heterocycles. The van der Waals surface area contributed by atoms with Gasteiger partial charge < -0.3 is 15.5 Å². The molecule has 1 saturated heterocycles. The third-order valence-electron chi connectivity index (χ3n) is 4.59. The predicted molar refractivity (Wildman–Crippen MR) is 124 cm³/mol. The molecule has 1 aromatic rings. The molecule has 1 aliphatic rings. The maximum Gasteiger partial charge on any atom is 0.191 e. The van der Waals surface area contributed by atoms with E-state index in [-0.39, 0.29) is 28.7 Å². The molecular weight excluding hydrogens is 457 g/mol. The molecule has 5 nitrogen and oxygen atoms in total. The lowest BCUT2D eigenvalue weighted by atomic mass is 10.0. The number of thioether (sulfide) groups is 1. The van der Waals surface area contributed by atoms with E-state index in [0.29, 0.717) is 6.04 Å². The number of halogens is 1. The number of rotatable bonds is 5. The summed E-state index contributed by atoms with van der Waals surface area (Å²) < 4.78 is 0.169. The van der Waals surface area contributed by atoms with Crippen LogP contribution in [0.4, 0.5) is 5.69 Å². The van der Waals surface area contributed by atoms with Crippen molar-refractivity contribution in [3.8, 4) is 6.07 Å². The van der Waals surface area contributed by atoms with Crippen molar-refractivity contribution in [2.75, 3.05) is 37.8 Å². The van der Waals surface area contributed by atoms with Gasteiger partial charge in [-0.2, -0.15) is 17.0 Å². The zero-order chi connectivity index (χ0) is 18.3. The summed E-state index contributed by atoms with van der Waals surface area (Å²) >= 11 is 1.84. The average Bonchev–Trinajstić information content (AvgIpc) is 2.65. The van der Waals surface area contributed by atoms with E-state index in [2.05, 4.69) is 46.7 Å². The normalized spacial score (nSPS) is 17.9. The number of benzene rings is 1. The van der Waals surface area contributed by atoms with Crippen molar-refractivity contribution < 1.29 is 0 Å². The fraction of sp³-hybridized carbons (Fsp3) is 0.579. The SMILES string of the molecule is CN=C(NCC(C)(C)SC)NC1CCCN(c2ccccc2C#N)C1.I. The molecule has 0 spiro atoms. The van der Waals surface area contributed by atoms with Gasteiger partial charge in [0.15, 0.2) is 5.96 Å². The maximum absolute atomic E-state index is 9.34. The molecule has 0 radical (unpaired) electrons. The lowest BCUT2D eigenvalue weighted by Gasteiger charge is -2.36. The molecule has 0 bridgehead atoms. The van der Waals surface area contributed by atoms with E-state index in [0.717, 1.165) is 49.7 Å². The van der Waals surface area contributed by atoms with E-state index in [1.807, 2.05) is 43.1 Å². The van der Waals surface area contributed by atoms with Gasteiger partial charge in [0, 0.05) is 37.5 Å². The highest BCUT2D eigenvalue weighted by atomic mass is 127. The number of nitrogens with one attached hydrogen (secondary N) is 2. The van der Waals surface area contributed by atoms with Crippen LogP contribution >= 0.6 is 35.7 Å². The largest absolute Gasteiger partial charge is 0.368 e. The van der Waals surface area contributed by atoms with Crippen molar-refractivity contribution in [1.29, 1.82) is 5.26 Å². The Morgan fingerprint density at radius 3 is 2.81 bits per heavy atom. The Bertz CT molecular complexity index is 641. The molecule has 2 rings (SSSR count). The van der Waals surface area contributed by atoms with Crippen molar-refractivity contribution >= 4 is 47.4 Å². The van der Waals surface area contributed by atoms with Gasteiger partial charge in [0.2, 0.25) is 0 Å². The molecule has 144 valence electrons. The van der Waals surface area contributed by atoms with Crippen molar-refractivity contribution in [3.63, 3.8) is 0 Å². The Labute approximate surface area is 179 Å². The summed E-state index contributed by atoms with van der Waals surface area (Å²) in [4.78, 5) is 6.67. The molecule has 1 aliphatic heterocycles. The van der Waals surface area contributed by atoms with Crippen LogP contribution in [0.1, 0.15) is 32.3 Å². The maximum atomic E-state index is 9.34. The molecule has 0 saturated carbocycles. The summed E-state index contributed by atoms with van der Waals surface area (Å²) in [7, 11) is 1.81. The van der Waals surface area contributed by atoms with Gasteiger partial charge in [-0.05, 0) is 45.1 Å². The minimum atomic E-state index is 0. The lowest BCUT2D eigenvalue weighted by Crippen LogP contribution is -2.52. The van der Waals surface area contributed by atoms with Crippen molar-refractivity contribution in [1.82, 2.24) is 10.6 Å². The molecule has 1 aromatic carbocycles. The highest BCUT2D eigenvalue weighted by Crippen LogP contribution is 2.23. The number of piperidine rings is 1. The molecule has 26 heavy (non-hydrogen) atoms. The van der Waals surface area contributed by atoms with Gasteiger partial charge in [-0.1, -0.05) is 12.1 Å². The first-order valence-electron chi connectivity index (χ1n) is 8.75. The summed E-state index contributed by atoms with van der Waals surface area (Å²) in [6, 6.07) is 10.5. The zero-order valence-corrected chi connectivity index (χ0v) is 19.2. The standard InChI is InChI=1S/C19H29N5S.HI/c1-19(2,25-4)14-22-18(21-3)23-16-9-7-11-24(13-16)17-10-6-5-8-15(17)12-20;/h5-6,8,10,16H,7,9,11,13-14H2,1-4H3,(H2,21,22,23);1H. The van der Waals surface area contributed by atoms with Crippen LogP contribution in [0.5, 0.6) is 0 Å². The van der Waals surface area contributed by atoms with E-state index in [9.17, 15) is 5.26 Å². The highest BCUT2D eigenvalue weighted by molar-refractivity contribution is 14.0. The van der Waals surface area contributed by atoms with Crippen LogP contribution in [0.15, 0.2) is 29.3 Å². The quantitative estimate of drug-likeness (QED) is 0.379. The van der Waals surface area contributed by atoms with Crippen LogP contribution < -0.4 is 15.5 Å². The van der Waals surface area contributed by atoms with Crippen LogP contribution in [0, 0.1) is 11.3 Å². The molecular formula is C19H30IN5S. The fourth-order valence-electron chi connectivity index (χ4n) is 2.91. The number of hydrogen-bond donors (Lipinski definition) is 2. The molecule has 7 heteroatoms. The van der Waals surface area contributed by atoms with E-state index in [1.54, 1.807) is 0 Å². The zero-order valence-electron chi connectivity index (χ0n) is 16.1. The van der Waals surface area contributed by atoms with Gasteiger partial charge in [-0.15, -0.1) is 24.0 Å². The predicted octanol–water partition coefficient (Wildman–Crippen LogP) is 3.45. The number of nitriles is 1. The van der Waals surface area contributed by atoms with E-state index < -0.39 is 0 Å². The monoisotopic (exact) mass is 487 g/mol. The lowest BCUT2D eigenvalue weighted by molar-refractivity contribution is 0.467. The summed E-state index contributed by atoms with van der Waals surface area (Å²) in [5.74, 6) is 0.850. The van der Waals surface area contributed by atoms with Crippen molar-refractivity contribution in [3.05, 3.63) is 29.8 Å². The second-order valence-electron chi connectivity index (χ2n) is 6.95. The van der Waals surface area contributed by atoms with E-state index in [4.69, 9.17) is 0 Å². The Morgan fingerprint density at radius 2 is 2.15 bits per heavy atom. The van der Waals surface area contributed by atoms with Crippen LogP contribution in [-0.2, 0) is 0 Å². The summed E-state index contributed by atoms with van der Waals surface area (Å²) in [6.07, 6.45) is 4.34. The summed E-state index contributed by atoms with van der Waals surface area (Å²) in [5.41, 5.74) is 1.77. The van der Waals surface area contributed by atoms with Gasteiger partial charge in [-0.25, -0.2) is 0 Å². The summed E-state index contributed by atoms with van der Waals surface area (Å²) in [6.45, 7) is 7.17. The molecule has 1 atom stereocenters. The Kier molecular flexibility index (Phi) is 9.58. The third-order valence-corrected chi connectivity index (χ3v) is 5.83. The average molecular weight is 487 g/mol. The van der Waals surface area contributed by atoms with Crippen LogP contribution in [0.25, 0.3) is 0 Å².